The molecule has 3 atom stereocenters. The van der Waals surface area contributed by atoms with Gasteiger partial charge in [-0.1, -0.05) is 13.8 Å². The summed E-state index contributed by atoms with van der Waals surface area (Å²) < 4.78 is 7.72. The normalized spacial score (nSPS) is 26.3. The summed E-state index contributed by atoms with van der Waals surface area (Å²) in [7, 11) is 1.96. The van der Waals surface area contributed by atoms with Crippen molar-refractivity contribution in [1.29, 1.82) is 0 Å². The average Bonchev–Trinajstić information content (AvgIpc) is 2.87. The molecule has 1 aromatic heterocycles. The van der Waals surface area contributed by atoms with Gasteiger partial charge in [-0.15, -0.1) is 0 Å². The van der Waals surface area contributed by atoms with Crippen LogP contribution in [0.3, 0.4) is 0 Å². The molecule has 3 unspecified atom stereocenters. The van der Waals surface area contributed by atoms with E-state index < -0.39 is 0 Å². The second kappa shape index (κ2) is 5.65. The van der Waals surface area contributed by atoms with E-state index in [0.717, 1.165) is 25.3 Å². The standard InChI is InChI=1S/C13H23N3O/c1-4-14-12(13-10(2)6-8-17-13)9-11-5-7-16(3)15-11/h5,7,10,12-14H,4,6,8-9H2,1-3H3. The molecule has 1 aliphatic heterocycles. The molecule has 1 fully saturated rings. The Labute approximate surface area is 103 Å². The molecular weight excluding hydrogens is 214 g/mol. The highest BCUT2D eigenvalue weighted by Crippen LogP contribution is 2.24. The summed E-state index contributed by atoms with van der Waals surface area (Å²) in [5.41, 5.74) is 1.14. The van der Waals surface area contributed by atoms with Crippen molar-refractivity contribution < 1.29 is 4.74 Å². The Morgan fingerprint density at radius 2 is 2.47 bits per heavy atom. The van der Waals surface area contributed by atoms with Gasteiger partial charge in [0.2, 0.25) is 0 Å². The Balaban J connectivity index is 2.01. The second-order valence-corrected chi connectivity index (χ2v) is 4.95. The maximum atomic E-state index is 5.86. The summed E-state index contributed by atoms with van der Waals surface area (Å²) in [4.78, 5) is 0. The van der Waals surface area contributed by atoms with Crippen LogP contribution in [0.25, 0.3) is 0 Å². The van der Waals surface area contributed by atoms with Gasteiger partial charge in [-0.25, -0.2) is 0 Å². The highest BCUT2D eigenvalue weighted by atomic mass is 16.5. The lowest BCUT2D eigenvalue weighted by atomic mass is 9.94. The summed E-state index contributed by atoms with van der Waals surface area (Å²) >= 11 is 0. The van der Waals surface area contributed by atoms with E-state index in [1.165, 1.54) is 6.42 Å². The topological polar surface area (TPSA) is 39.1 Å². The van der Waals surface area contributed by atoms with Crippen LogP contribution in [0, 0.1) is 5.92 Å². The van der Waals surface area contributed by atoms with Crippen molar-refractivity contribution in [2.24, 2.45) is 13.0 Å². The fourth-order valence-electron chi connectivity index (χ4n) is 2.60. The summed E-state index contributed by atoms with van der Waals surface area (Å²) in [6.45, 7) is 6.30. The molecule has 2 rings (SSSR count). The van der Waals surface area contributed by atoms with Crippen molar-refractivity contribution in [3.05, 3.63) is 18.0 Å². The van der Waals surface area contributed by atoms with E-state index in [4.69, 9.17) is 4.74 Å². The number of rotatable bonds is 5. The zero-order valence-corrected chi connectivity index (χ0v) is 11.0. The van der Waals surface area contributed by atoms with E-state index in [2.05, 4.69) is 30.3 Å². The van der Waals surface area contributed by atoms with Crippen molar-refractivity contribution >= 4 is 0 Å². The SMILES string of the molecule is CCNC(Cc1ccn(C)n1)C1OCCC1C. The largest absolute Gasteiger partial charge is 0.376 e. The van der Waals surface area contributed by atoms with E-state index >= 15 is 0 Å². The van der Waals surface area contributed by atoms with Crippen molar-refractivity contribution in [3.8, 4) is 0 Å². The number of likely N-dealkylation sites (N-methyl/N-ethyl adjacent to an activating group) is 1. The van der Waals surface area contributed by atoms with E-state index in [-0.39, 0.29) is 0 Å². The number of aromatic nitrogens is 2. The van der Waals surface area contributed by atoms with Crippen LogP contribution in [0.15, 0.2) is 12.3 Å². The average molecular weight is 237 g/mol. The van der Waals surface area contributed by atoms with Gasteiger partial charge in [-0.2, -0.15) is 5.10 Å². The van der Waals surface area contributed by atoms with Crippen LogP contribution >= 0.6 is 0 Å². The molecule has 0 radical (unpaired) electrons. The molecule has 2 heterocycles. The maximum absolute atomic E-state index is 5.86. The first-order chi connectivity index (χ1) is 8.20. The number of nitrogens with zero attached hydrogens (tertiary/aromatic N) is 2. The van der Waals surface area contributed by atoms with Gasteiger partial charge in [0, 0.05) is 32.3 Å². The molecule has 4 nitrogen and oxygen atoms in total. The van der Waals surface area contributed by atoms with Crippen LogP contribution in [0.5, 0.6) is 0 Å². The number of hydrogen-bond acceptors (Lipinski definition) is 3. The van der Waals surface area contributed by atoms with Crippen LogP contribution in [0.2, 0.25) is 0 Å². The van der Waals surface area contributed by atoms with Gasteiger partial charge in [0.1, 0.15) is 0 Å². The molecule has 17 heavy (non-hydrogen) atoms. The molecule has 0 spiro atoms. The van der Waals surface area contributed by atoms with Gasteiger partial charge in [0.15, 0.2) is 0 Å². The minimum atomic E-state index is 0.331. The summed E-state index contributed by atoms with van der Waals surface area (Å²) in [6.07, 6.45) is 4.45. The summed E-state index contributed by atoms with van der Waals surface area (Å²) in [5.74, 6) is 0.641. The van der Waals surface area contributed by atoms with Gasteiger partial charge in [0.05, 0.1) is 11.8 Å². The smallest absolute Gasteiger partial charge is 0.0758 e. The highest BCUT2D eigenvalue weighted by Gasteiger charge is 2.31. The zero-order chi connectivity index (χ0) is 12.3. The third kappa shape index (κ3) is 3.07. The van der Waals surface area contributed by atoms with Crippen LogP contribution in [0.1, 0.15) is 26.0 Å². The second-order valence-electron chi connectivity index (χ2n) is 4.95. The monoisotopic (exact) mass is 237 g/mol. The maximum Gasteiger partial charge on any atom is 0.0758 e. The van der Waals surface area contributed by atoms with Crippen LogP contribution in [0.4, 0.5) is 0 Å². The van der Waals surface area contributed by atoms with Crippen molar-refractivity contribution in [2.45, 2.75) is 38.8 Å². The first-order valence-electron chi connectivity index (χ1n) is 6.54. The minimum absolute atomic E-state index is 0.331. The highest BCUT2D eigenvalue weighted by molar-refractivity contribution is 5.03. The molecule has 0 bridgehead atoms. The van der Waals surface area contributed by atoms with Gasteiger partial charge >= 0.3 is 0 Å². The molecule has 0 aliphatic carbocycles. The molecule has 1 aliphatic rings. The van der Waals surface area contributed by atoms with Crippen LogP contribution in [-0.4, -0.2) is 35.1 Å². The predicted molar refractivity (Wildman–Crippen MR) is 67.9 cm³/mol. The fourth-order valence-corrected chi connectivity index (χ4v) is 2.60. The molecule has 0 amide bonds. The predicted octanol–water partition coefficient (Wildman–Crippen LogP) is 1.37. The summed E-state index contributed by atoms with van der Waals surface area (Å²) in [6, 6.07) is 2.47. The molecule has 1 N–H and O–H groups in total. The van der Waals surface area contributed by atoms with E-state index in [0.29, 0.717) is 18.1 Å². The molecule has 4 heteroatoms. The number of ether oxygens (including phenoxy) is 1. The van der Waals surface area contributed by atoms with Crippen LogP contribution < -0.4 is 5.32 Å². The van der Waals surface area contributed by atoms with E-state index in [9.17, 15) is 0 Å². The van der Waals surface area contributed by atoms with Crippen molar-refractivity contribution in [2.75, 3.05) is 13.2 Å². The Kier molecular flexibility index (Phi) is 4.18. The number of hydrogen-bond donors (Lipinski definition) is 1. The zero-order valence-electron chi connectivity index (χ0n) is 11.0. The third-order valence-electron chi connectivity index (χ3n) is 3.51. The Hall–Kier alpha value is -0.870. The molecular formula is C13H23N3O. The molecule has 1 aromatic rings. The minimum Gasteiger partial charge on any atom is -0.376 e. The van der Waals surface area contributed by atoms with Crippen molar-refractivity contribution in [3.63, 3.8) is 0 Å². The molecule has 0 aromatic carbocycles. The van der Waals surface area contributed by atoms with Gasteiger partial charge in [-0.3, -0.25) is 4.68 Å². The van der Waals surface area contributed by atoms with Gasteiger partial charge in [0.25, 0.3) is 0 Å². The fraction of sp³-hybridized carbons (Fsp3) is 0.769. The number of nitrogens with one attached hydrogen (secondary N) is 1. The van der Waals surface area contributed by atoms with Crippen LogP contribution in [-0.2, 0) is 18.2 Å². The Bertz CT molecular complexity index is 350. The summed E-state index contributed by atoms with van der Waals surface area (Å²) in [5, 5.41) is 7.99. The quantitative estimate of drug-likeness (QED) is 0.840. The van der Waals surface area contributed by atoms with Crippen molar-refractivity contribution in [1.82, 2.24) is 15.1 Å². The van der Waals surface area contributed by atoms with E-state index in [1.807, 2.05) is 17.9 Å². The lowest BCUT2D eigenvalue weighted by Crippen LogP contribution is -2.43. The molecule has 96 valence electrons. The molecule has 0 saturated carbocycles. The lowest BCUT2D eigenvalue weighted by Gasteiger charge is -2.26. The lowest BCUT2D eigenvalue weighted by molar-refractivity contribution is 0.0612. The third-order valence-corrected chi connectivity index (χ3v) is 3.51. The first-order valence-corrected chi connectivity index (χ1v) is 6.54. The van der Waals surface area contributed by atoms with E-state index in [1.54, 1.807) is 0 Å². The number of aryl methyl sites for hydroxylation is 1. The van der Waals surface area contributed by atoms with Gasteiger partial charge in [-0.05, 0) is 24.9 Å². The first kappa shape index (κ1) is 12.6. The Morgan fingerprint density at radius 1 is 1.65 bits per heavy atom. The van der Waals surface area contributed by atoms with Gasteiger partial charge < -0.3 is 10.1 Å². The molecule has 1 saturated heterocycles. The Morgan fingerprint density at radius 3 is 3.00 bits per heavy atom.